The lowest BCUT2D eigenvalue weighted by atomic mass is 9.78. The van der Waals surface area contributed by atoms with E-state index < -0.39 is 414 Å². The molecule has 0 unspecified atom stereocenters. The third kappa shape index (κ3) is 10.2. The van der Waals surface area contributed by atoms with E-state index in [1.165, 1.54) is 0 Å². The van der Waals surface area contributed by atoms with Crippen LogP contribution >= 0.6 is 15.9 Å². The Morgan fingerprint density at radius 1 is 0.279 bits per heavy atom. The fraction of sp³-hybridized carbons (Fsp3) is 0.0732. The standard InChI is InChI=1S/C30H19Br.C30H20.C22H23BO2/c31-30-27-13-5-3-11-25(27)29(26-12-4-6-14-28(26)30)22-18-16-21(17-19-22)24-15-7-9-20-8-1-2-10-23(20)24;1-4-12-26-21(8-1)11-7-15-27(26)22-16-18-23(19-17-22)30-28-13-5-2-9-24(28)20-25-10-3-6-14-29(25)30;1-21(2)22(3,4)25-23(24-21)18-14-12-17(13-15-18)20-11-7-9-16-8-5-6-10-19(16)20/h1-19H;1-20H;5-15H,1-4H3/i1D,2D,3D,4D,5D,6D,7D,8D,9D,10D,11D,12D,13D,14D,15D,16D,17D,18D,19D;1D,2D,3D,4D,5D,6D,7D,8D,9D,10D,11D,12D,13D,14D,15D,16D,17D,18D,19D,20D;5D,6D,7D,8D,9D,10D,11D,12D,13D,14D,15D. The number of hydrogen-bond donors (Lipinski definition) is 0. The molecule has 0 aromatic heterocycles. The van der Waals surface area contributed by atoms with Crippen LogP contribution in [0, 0.1) is 0 Å². The van der Waals surface area contributed by atoms with E-state index in [4.69, 9.17) is 77.8 Å². The summed E-state index contributed by atoms with van der Waals surface area (Å²) in [6.45, 7) is 7.12. The van der Waals surface area contributed by atoms with Gasteiger partial charge in [-0.25, -0.2) is 0 Å². The Kier molecular flexibility index (Phi) is 5.97. The second-order valence-electron chi connectivity index (χ2n) is 19.6. The Bertz CT molecular complexity index is 7470. The van der Waals surface area contributed by atoms with Crippen molar-refractivity contribution in [2.45, 2.75) is 38.9 Å². The monoisotopic (exact) mass is 1220 g/mol. The lowest BCUT2D eigenvalue weighted by Gasteiger charge is -2.32. The first kappa shape index (κ1) is 22.5. The summed E-state index contributed by atoms with van der Waals surface area (Å²) in [7, 11) is -1.20. The first-order chi connectivity index (χ1) is 62.9. The van der Waals surface area contributed by atoms with Crippen LogP contribution in [0.15, 0.2) is 307 Å². The van der Waals surface area contributed by atoms with E-state index in [1.54, 1.807) is 27.7 Å². The molecule has 2 nitrogen and oxygen atoms in total. The van der Waals surface area contributed by atoms with Gasteiger partial charge in [-0.05, 0) is 186 Å². The van der Waals surface area contributed by atoms with E-state index in [0.29, 0.717) is 0 Å². The number of fused-ring (bicyclic) bond motifs is 7. The normalized spacial score (nSPS) is 21.6. The highest BCUT2D eigenvalue weighted by Gasteiger charge is 2.51. The Hall–Kier alpha value is -9.42. The van der Waals surface area contributed by atoms with Crippen molar-refractivity contribution in [3.63, 3.8) is 0 Å². The van der Waals surface area contributed by atoms with Crippen LogP contribution in [-0.2, 0) is 9.31 Å². The van der Waals surface area contributed by atoms with Crippen LogP contribution in [0.5, 0.6) is 0 Å². The van der Waals surface area contributed by atoms with Gasteiger partial charge in [0.1, 0.15) is 0 Å². The summed E-state index contributed by atoms with van der Waals surface area (Å²) in [6.07, 6.45) is 0. The topological polar surface area (TPSA) is 18.5 Å². The van der Waals surface area contributed by atoms with E-state index in [-0.39, 0.29) is 47.8 Å². The van der Waals surface area contributed by atoms with E-state index in [1.807, 2.05) is 0 Å². The molecular formula is C82H62BBrO2. The Balaban J connectivity index is 0.000000166. The lowest BCUT2D eigenvalue weighted by Crippen LogP contribution is -2.41. The molecule has 1 fully saturated rings. The van der Waals surface area contributed by atoms with Gasteiger partial charge in [-0.3, -0.25) is 0 Å². The summed E-state index contributed by atoms with van der Waals surface area (Å²) < 4.78 is 439. The predicted octanol–water partition coefficient (Wildman–Crippen LogP) is 22.5. The summed E-state index contributed by atoms with van der Waals surface area (Å²) in [5.74, 6) is 0. The Morgan fingerprint density at radius 3 is 0.919 bits per heavy atom. The average molecular weight is 1220 g/mol. The van der Waals surface area contributed by atoms with Crippen LogP contribution in [0.4, 0.5) is 0 Å². The molecule has 412 valence electrons. The highest BCUT2D eigenvalue weighted by atomic mass is 79.9. The zero-order chi connectivity index (χ0) is 102. The highest BCUT2D eigenvalue weighted by Crippen LogP contribution is 2.44. The van der Waals surface area contributed by atoms with Gasteiger partial charge < -0.3 is 9.31 Å². The molecule has 0 bridgehead atoms. The van der Waals surface area contributed by atoms with E-state index in [0.717, 1.165) is 0 Å². The number of rotatable bonds is 6. The van der Waals surface area contributed by atoms with Gasteiger partial charge in [0.25, 0.3) is 0 Å². The van der Waals surface area contributed by atoms with Crippen LogP contribution in [0.3, 0.4) is 0 Å². The van der Waals surface area contributed by atoms with Crippen LogP contribution < -0.4 is 5.46 Å². The largest absolute Gasteiger partial charge is 0.494 e. The minimum atomic E-state index is -1.20. The molecule has 0 N–H and O–H groups in total. The van der Waals surface area contributed by atoms with E-state index >= 15 is 0 Å². The van der Waals surface area contributed by atoms with Gasteiger partial charge in [0.2, 0.25) is 0 Å². The van der Waals surface area contributed by atoms with Crippen molar-refractivity contribution < 1.29 is 77.8 Å². The molecule has 16 rings (SSSR count). The van der Waals surface area contributed by atoms with Crippen molar-refractivity contribution >= 4 is 104 Å². The number of halogens is 1. The minimum absolute atomic E-state index is 0.130. The SMILES string of the molecule is [2H]c1c([2H])c(-c2c([2H])c([2H])c([2H])c3c([2H])c([2H])c([2H])c([2H])c23)c([2H])c([2H])c1B1OC(C)(C)C(C)(C)O1.[2H]c1c([2H])c(-c2c3c([2H])c([2H])c([2H])c([2H])c3c(Br)c3c([2H])c([2H])c([2H])c([2H])c23)c([2H])c([2H])c1-c1c([2H])c([2H])c([2H])c2c([2H])c([2H])c([2H])c([2H])c12.[2H]c1c([2H])c(-c2c3c([2H])c([2H])c([2H])c([2H])c3c([2H])c3c([2H])c([2H])c([2H])c([2H])c23)c([2H])c([2H])c1-c1c([2H])c([2H])c([2H])c2c([2H])c([2H])c([2H])c([2H])c12. The molecule has 4 heteroatoms. The van der Waals surface area contributed by atoms with Gasteiger partial charge in [0, 0.05) is 4.47 Å². The highest BCUT2D eigenvalue weighted by molar-refractivity contribution is 9.10. The maximum Gasteiger partial charge on any atom is 0.494 e. The summed E-state index contributed by atoms with van der Waals surface area (Å²) in [5.41, 5.74) is -7.37. The maximum atomic E-state index is 9.17. The maximum absolute atomic E-state index is 9.17. The molecule has 86 heavy (non-hydrogen) atoms. The third-order valence-electron chi connectivity index (χ3n) is 14.0. The zero-order valence-electron chi connectivity index (χ0n) is 94.8. The van der Waals surface area contributed by atoms with Crippen molar-refractivity contribution in [2.24, 2.45) is 0 Å². The molecule has 1 aliphatic heterocycles. The lowest BCUT2D eigenvalue weighted by molar-refractivity contribution is 0.00578. The Morgan fingerprint density at radius 2 is 0.547 bits per heavy atom. The second kappa shape index (κ2) is 22.9. The van der Waals surface area contributed by atoms with Gasteiger partial charge in [0.15, 0.2) is 0 Å². The molecule has 0 spiro atoms. The van der Waals surface area contributed by atoms with Crippen LogP contribution in [0.2, 0.25) is 0 Å². The molecule has 1 saturated heterocycles. The van der Waals surface area contributed by atoms with Gasteiger partial charge in [0.05, 0.1) is 79.7 Å². The molecule has 0 atom stereocenters. The molecule has 1 aliphatic rings. The summed E-state index contributed by atoms with van der Waals surface area (Å²) in [5, 5.41) is -5.92. The summed E-state index contributed by atoms with van der Waals surface area (Å²) >= 11 is 3.27. The molecule has 15 aromatic carbocycles. The quantitative estimate of drug-likeness (QED) is 0.122. The van der Waals surface area contributed by atoms with Crippen molar-refractivity contribution in [2.75, 3.05) is 0 Å². The Labute approximate surface area is 582 Å². The van der Waals surface area contributed by atoms with E-state index in [9.17, 15) is 0 Å². The first-order valence-electron chi connectivity index (χ1n) is 50.6. The van der Waals surface area contributed by atoms with Crippen LogP contribution in [0.25, 0.3) is 131 Å². The first-order valence-corrected chi connectivity index (χ1v) is 26.4. The van der Waals surface area contributed by atoms with Gasteiger partial charge in [-0.2, -0.15) is 0 Å². The molecule has 0 aliphatic carbocycles. The summed E-state index contributed by atoms with van der Waals surface area (Å²) in [6, 6.07) is -37.1. The molecular weight excluding hydrogens is 1110 g/mol. The predicted molar refractivity (Wildman–Crippen MR) is 372 cm³/mol. The number of benzene rings is 15. The van der Waals surface area contributed by atoms with Crippen molar-refractivity contribution in [1.29, 1.82) is 0 Å². The van der Waals surface area contributed by atoms with Crippen LogP contribution in [-0.4, -0.2) is 18.3 Å². The van der Waals surface area contributed by atoms with Gasteiger partial charge in [-0.15, -0.1) is 0 Å². The van der Waals surface area contributed by atoms with Crippen LogP contribution in [0.1, 0.15) is 96.2 Å². The van der Waals surface area contributed by atoms with Crippen molar-refractivity contribution in [3.05, 3.63) is 307 Å². The summed E-state index contributed by atoms with van der Waals surface area (Å²) in [4.78, 5) is 0. The molecule has 0 saturated carbocycles. The van der Waals surface area contributed by atoms with Crippen molar-refractivity contribution in [3.8, 4) is 55.6 Å². The second-order valence-corrected chi connectivity index (χ2v) is 20.4. The van der Waals surface area contributed by atoms with Gasteiger partial charge in [-0.1, -0.05) is 296 Å². The fourth-order valence-electron chi connectivity index (χ4n) is 9.17. The minimum Gasteiger partial charge on any atom is -0.399 e. The molecule has 15 aromatic rings. The molecule has 0 radical (unpaired) electrons. The smallest absolute Gasteiger partial charge is 0.399 e. The third-order valence-corrected chi connectivity index (χ3v) is 14.8. The molecule has 0 amide bonds. The fourth-order valence-corrected chi connectivity index (χ4v) is 9.76. The average Bonchev–Trinajstić information content (AvgIpc) is 0.826. The van der Waals surface area contributed by atoms with E-state index in [2.05, 4.69) is 15.9 Å². The van der Waals surface area contributed by atoms with Crippen molar-refractivity contribution in [1.82, 2.24) is 0 Å². The molecule has 1 heterocycles. The number of hydrogen-bond acceptors (Lipinski definition) is 2. The van der Waals surface area contributed by atoms with Gasteiger partial charge >= 0.3 is 7.12 Å². The zero-order valence-corrected chi connectivity index (χ0v) is 46.4.